The van der Waals surface area contributed by atoms with Crippen LogP contribution in [0.4, 0.5) is 0 Å². The zero-order valence-corrected chi connectivity index (χ0v) is 20.8. The molecule has 38 heavy (non-hydrogen) atoms. The molecule has 8 aromatic rings. The molecule has 0 unspecified atom stereocenters. The molecule has 0 atom stereocenters. The van der Waals surface area contributed by atoms with E-state index in [1.54, 1.807) is 0 Å². The number of rotatable bonds is 3. The van der Waals surface area contributed by atoms with E-state index in [0.717, 1.165) is 0 Å². The maximum Gasteiger partial charge on any atom is 0.0542 e. The molecule has 0 aliphatic carbocycles. The molecule has 0 saturated carbocycles. The topological polar surface area (TPSA) is 9.86 Å². The molecule has 2 nitrogen and oxygen atoms in total. The van der Waals surface area contributed by atoms with Crippen molar-refractivity contribution >= 4 is 43.6 Å². The number of nitrogens with zero attached hydrogens (tertiary/aromatic N) is 2. The molecule has 0 saturated heterocycles. The summed E-state index contributed by atoms with van der Waals surface area (Å²) in [5.74, 6) is 0. The molecule has 0 spiro atoms. The number of fused-ring (bicyclic) bond motifs is 6. The Labute approximate surface area is 220 Å². The van der Waals surface area contributed by atoms with Crippen LogP contribution in [0.3, 0.4) is 0 Å². The summed E-state index contributed by atoms with van der Waals surface area (Å²) in [5.41, 5.74) is 9.68. The molecule has 0 aliphatic rings. The molecule has 0 amide bonds. The van der Waals surface area contributed by atoms with Crippen molar-refractivity contribution in [2.24, 2.45) is 0 Å². The fourth-order valence-corrected chi connectivity index (χ4v) is 6.02. The number of benzene rings is 6. The number of hydrogen-bond donors (Lipinski definition) is 0. The molecule has 0 N–H and O–H groups in total. The highest BCUT2D eigenvalue weighted by molar-refractivity contribution is 6.13. The Morgan fingerprint density at radius 3 is 1.47 bits per heavy atom. The third kappa shape index (κ3) is 3.07. The third-order valence-corrected chi connectivity index (χ3v) is 7.71. The Balaban J connectivity index is 1.47. The van der Waals surface area contributed by atoms with Crippen LogP contribution in [0, 0.1) is 0 Å². The lowest BCUT2D eigenvalue weighted by Gasteiger charge is -2.10. The number of para-hydroxylation sites is 3. The Morgan fingerprint density at radius 2 is 0.789 bits per heavy atom. The average molecular weight is 485 g/mol. The lowest BCUT2D eigenvalue weighted by Crippen LogP contribution is -1.95. The van der Waals surface area contributed by atoms with Crippen molar-refractivity contribution in [2.75, 3.05) is 0 Å². The van der Waals surface area contributed by atoms with Crippen molar-refractivity contribution in [1.82, 2.24) is 9.13 Å². The summed E-state index contributed by atoms with van der Waals surface area (Å²) < 4.78 is 4.78. The first-order valence-corrected chi connectivity index (χ1v) is 13.0. The SMILES string of the molecule is c1ccc(-c2ccc3c(c2)c2cc(-n4c5ccccc5c5ccccc54)ccc2n3-c2ccccc2)cc1. The van der Waals surface area contributed by atoms with Crippen LogP contribution in [0.5, 0.6) is 0 Å². The van der Waals surface area contributed by atoms with Crippen molar-refractivity contribution in [3.05, 3.63) is 146 Å². The predicted octanol–water partition coefficient (Wildman–Crippen LogP) is 9.55. The van der Waals surface area contributed by atoms with E-state index >= 15 is 0 Å². The summed E-state index contributed by atoms with van der Waals surface area (Å²) in [5, 5.41) is 5.07. The van der Waals surface area contributed by atoms with Gasteiger partial charge in [-0.05, 0) is 65.7 Å². The fourth-order valence-electron chi connectivity index (χ4n) is 6.02. The van der Waals surface area contributed by atoms with Crippen molar-refractivity contribution in [1.29, 1.82) is 0 Å². The van der Waals surface area contributed by atoms with Gasteiger partial charge in [0, 0.05) is 32.9 Å². The summed E-state index contributed by atoms with van der Waals surface area (Å²) in [6.45, 7) is 0. The van der Waals surface area contributed by atoms with Crippen LogP contribution in [-0.4, -0.2) is 9.13 Å². The quantitative estimate of drug-likeness (QED) is 0.236. The lowest BCUT2D eigenvalue weighted by atomic mass is 10.0. The van der Waals surface area contributed by atoms with Crippen molar-refractivity contribution in [3.63, 3.8) is 0 Å². The molecule has 0 fully saturated rings. The summed E-state index contributed by atoms with van der Waals surface area (Å²) in [6, 6.07) is 52.5. The zero-order valence-electron chi connectivity index (χ0n) is 20.8. The molecule has 6 aromatic carbocycles. The number of aromatic nitrogens is 2. The van der Waals surface area contributed by atoms with E-state index in [1.807, 2.05) is 0 Å². The fraction of sp³-hybridized carbons (Fsp3) is 0. The van der Waals surface area contributed by atoms with Gasteiger partial charge in [-0.3, -0.25) is 0 Å². The van der Waals surface area contributed by atoms with Gasteiger partial charge < -0.3 is 9.13 Å². The van der Waals surface area contributed by atoms with Gasteiger partial charge in [0.25, 0.3) is 0 Å². The smallest absolute Gasteiger partial charge is 0.0542 e. The molecule has 2 aromatic heterocycles. The highest BCUT2D eigenvalue weighted by atomic mass is 15.0. The number of hydrogen-bond acceptors (Lipinski definition) is 0. The first-order chi connectivity index (χ1) is 18.9. The predicted molar refractivity (Wildman–Crippen MR) is 161 cm³/mol. The van der Waals surface area contributed by atoms with Crippen molar-refractivity contribution in [2.45, 2.75) is 0 Å². The summed E-state index contributed by atoms with van der Waals surface area (Å²) in [6.07, 6.45) is 0. The van der Waals surface area contributed by atoms with E-state index in [9.17, 15) is 0 Å². The first kappa shape index (κ1) is 21.0. The van der Waals surface area contributed by atoms with Crippen LogP contribution in [0.2, 0.25) is 0 Å². The van der Waals surface area contributed by atoms with Gasteiger partial charge >= 0.3 is 0 Å². The van der Waals surface area contributed by atoms with Gasteiger partial charge in [-0.15, -0.1) is 0 Å². The monoisotopic (exact) mass is 484 g/mol. The standard InChI is InChI=1S/C36H24N2/c1-3-11-25(12-4-1)26-19-21-35-31(23-26)32-24-28(20-22-36(32)37(35)27-13-5-2-6-14-27)38-33-17-9-7-15-29(33)30-16-8-10-18-34(30)38/h1-24H. The second-order valence-electron chi connectivity index (χ2n) is 9.84. The van der Waals surface area contributed by atoms with Crippen molar-refractivity contribution in [3.8, 4) is 22.5 Å². The minimum absolute atomic E-state index is 1.17. The molecule has 2 heterocycles. The molecule has 0 aliphatic heterocycles. The molecule has 0 bridgehead atoms. The molecule has 2 heteroatoms. The van der Waals surface area contributed by atoms with Crippen LogP contribution < -0.4 is 0 Å². The maximum atomic E-state index is 2.40. The Bertz CT molecular complexity index is 2060. The summed E-state index contributed by atoms with van der Waals surface area (Å²) >= 11 is 0. The first-order valence-electron chi connectivity index (χ1n) is 13.0. The molecular weight excluding hydrogens is 460 g/mol. The van der Waals surface area contributed by atoms with Gasteiger partial charge in [-0.2, -0.15) is 0 Å². The van der Waals surface area contributed by atoms with Crippen LogP contribution in [0.1, 0.15) is 0 Å². The highest BCUT2D eigenvalue weighted by Gasteiger charge is 2.16. The third-order valence-electron chi connectivity index (χ3n) is 7.71. The minimum Gasteiger partial charge on any atom is -0.309 e. The van der Waals surface area contributed by atoms with Crippen LogP contribution >= 0.6 is 0 Å². The van der Waals surface area contributed by atoms with Crippen LogP contribution in [0.25, 0.3) is 66.1 Å². The second kappa shape index (κ2) is 8.22. The molecule has 0 radical (unpaired) electrons. The second-order valence-corrected chi connectivity index (χ2v) is 9.84. The average Bonchev–Trinajstić information content (AvgIpc) is 3.50. The minimum atomic E-state index is 1.17. The summed E-state index contributed by atoms with van der Waals surface area (Å²) in [7, 11) is 0. The van der Waals surface area contributed by atoms with Gasteiger partial charge in [0.15, 0.2) is 0 Å². The summed E-state index contributed by atoms with van der Waals surface area (Å²) in [4.78, 5) is 0. The normalized spacial score (nSPS) is 11.7. The van der Waals surface area contributed by atoms with Crippen LogP contribution in [0.15, 0.2) is 146 Å². The maximum absolute atomic E-state index is 2.40. The molecule has 178 valence electrons. The van der Waals surface area contributed by atoms with Gasteiger partial charge in [0.05, 0.1) is 22.1 Å². The van der Waals surface area contributed by atoms with Gasteiger partial charge in [-0.1, -0.05) is 91.0 Å². The van der Waals surface area contributed by atoms with E-state index in [2.05, 4.69) is 155 Å². The van der Waals surface area contributed by atoms with Gasteiger partial charge in [0.1, 0.15) is 0 Å². The van der Waals surface area contributed by atoms with E-state index in [-0.39, 0.29) is 0 Å². The largest absolute Gasteiger partial charge is 0.309 e. The van der Waals surface area contributed by atoms with Gasteiger partial charge in [-0.25, -0.2) is 0 Å². The Kier molecular flexibility index (Phi) is 4.55. The zero-order chi connectivity index (χ0) is 25.1. The molecule has 8 rings (SSSR count). The Hall–Kier alpha value is -5.08. The highest BCUT2D eigenvalue weighted by Crippen LogP contribution is 2.38. The van der Waals surface area contributed by atoms with E-state index in [0.29, 0.717) is 0 Å². The van der Waals surface area contributed by atoms with Crippen LogP contribution in [-0.2, 0) is 0 Å². The van der Waals surface area contributed by atoms with E-state index in [4.69, 9.17) is 0 Å². The Morgan fingerprint density at radius 1 is 0.289 bits per heavy atom. The lowest BCUT2D eigenvalue weighted by molar-refractivity contribution is 1.17. The molecular formula is C36H24N2. The van der Waals surface area contributed by atoms with E-state index in [1.165, 1.54) is 66.1 Å². The van der Waals surface area contributed by atoms with Crippen molar-refractivity contribution < 1.29 is 0 Å². The van der Waals surface area contributed by atoms with E-state index < -0.39 is 0 Å². The van der Waals surface area contributed by atoms with Gasteiger partial charge in [0.2, 0.25) is 0 Å².